The monoisotopic (exact) mass is 252 g/mol. The first-order valence-electron chi connectivity index (χ1n) is 4.74. The average molecular weight is 252 g/mol. The largest absolute Gasteiger partial charge is 0.390 e. The highest BCUT2D eigenvalue weighted by atomic mass is 32.2. The maximum Gasteiger partial charge on any atom is 0.176 e. The van der Waals surface area contributed by atoms with Crippen molar-refractivity contribution >= 4 is 9.84 Å². The van der Waals surface area contributed by atoms with Gasteiger partial charge in [-0.1, -0.05) is 0 Å². The topological polar surface area (TPSA) is 120 Å². The van der Waals surface area contributed by atoms with Gasteiger partial charge in [-0.3, -0.25) is 0 Å². The van der Waals surface area contributed by atoms with Gasteiger partial charge in [0.15, 0.2) is 21.2 Å². The Hall–Kier alpha value is -1.90. The molecule has 8 heteroatoms. The molecule has 0 aromatic carbocycles. The Labute approximate surface area is 97.5 Å². The van der Waals surface area contributed by atoms with Gasteiger partial charge in [0.1, 0.15) is 12.1 Å². The maximum atomic E-state index is 11.4. The molecule has 7 nitrogen and oxygen atoms in total. The highest BCUT2D eigenvalue weighted by Crippen LogP contribution is 2.26. The molecule has 2 unspecified atom stereocenters. The fourth-order valence-corrected chi connectivity index (χ4v) is 3.66. The minimum Gasteiger partial charge on any atom is -0.390 e. The Morgan fingerprint density at radius 3 is 2.59 bits per heavy atom. The summed E-state index contributed by atoms with van der Waals surface area (Å²) in [5.41, 5.74) is -0.0855. The van der Waals surface area contributed by atoms with E-state index in [2.05, 4.69) is 4.98 Å². The van der Waals surface area contributed by atoms with Crippen LogP contribution < -0.4 is 0 Å². The summed E-state index contributed by atoms with van der Waals surface area (Å²) < 4.78 is 24.0. The number of rotatable bonds is 1. The Balaban J connectivity index is 2.47. The molecule has 1 aliphatic rings. The van der Waals surface area contributed by atoms with E-state index in [0.717, 1.165) is 0 Å². The number of imidazole rings is 1. The third-order valence-electron chi connectivity index (χ3n) is 2.66. The molecule has 1 saturated heterocycles. The lowest BCUT2D eigenvalue weighted by molar-refractivity contribution is 0.152. The molecule has 2 heterocycles. The number of sulfone groups is 1. The van der Waals surface area contributed by atoms with E-state index in [9.17, 15) is 13.5 Å². The fourth-order valence-electron chi connectivity index (χ4n) is 1.88. The van der Waals surface area contributed by atoms with Gasteiger partial charge in [-0.2, -0.15) is 10.5 Å². The quantitative estimate of drug-likeness (QED) is 0.681. The van der Waals surface area contributed by atoms with Crippen LogP contribution in [0.1, 0.15) is 17.4 Å². The summed E-state index contributed by atoms with van der Waals surface area (Å²) >= 11 is 0. The van der Waals surface area contributed by atoms with Crippen molar-refractivity contribution < 1.29 is 13.5 Å². The summed E-state index contributed by atoms with van der Waals surface area (Å²) in [5, 5.41) is 27.3. The molecule has 2 atom stereocenters. The van der Waals surface area contributed by atoms with E-state index < -0.39 is 22.0 Å². The van der Waals surface area contributed by atoms with Gasteiger partial charge in [-0.25, -0.2) is 13.4 Å². The lowest BCUT2D eigenvalue weighted by Gasteiger charge is -2.14. The standard InChI is InChI=1S/C9H8N4O3S/c10-1-6-7(2-11)13(5-12-6)8-3-17(15,16)4-9(8)14/h5,8-9,14H,3-4H2. The molecule has 0 bridgehead atoms. The molecule has 1 aliphatic heterocycles. The number of aliphatic hydroxyl groups excluding tert-OH is 1. The first-order chi connectivity index (χ1) is 7.98. The van der Waals surface area contributed by atoms with Crippen LogP contribution in [0.15, 0.2) is 6.33 Å². The molecule has 0 amide bonds. The Kier molecular flexibility index (Phi) is 2.62. The Bertz CT molecular complexity index is 634. The summed E-state index contributed by atoms with van der Waals surface area (Å²) in [6.45, 7) is 0. The van der Waals surface area contributed by atoms with Gasteiger partial charge in [0, 0.05) is 0 Å². The Morgan fingerprint density at radius 1 is 1.41 bits per heavy atom. The number of nitriles is 2. The summed E-state index contributed by atoms with van der Waals surface area (Å²) in [7, 11) is -3.31. The van der Waals surface area contributed by atoms with E-state index in [1.807, 2.05) is 0 Å². The number of aliphatic hydroxyl groups is 1. The average Bonchev–Trinajstić information content (AvgIpc) is 2.77. The predicted octanol–water partition coefficient (Wildman–Crippen LogP) is -1.04. The first kappa shape index (κ1) is 11.6. The summed E-state index contributed by atoms with van der Waals surface area (Å²) in [6.07, 6.45) is 0.138. The van der Waals surface area contributed by atoms with Gasteiger partial charge >= 0.3 is 0 Å². The van der Waals surface area contributed by atoms with Crippen molar-refractivity contribution in [2.45, 2.75) is 12.1 Å². The van der Waals surface area contributed by atoms with E-state index in [1.54, 1.807) is 12.1 Å². The predicted molar refractivity (Wildman–Crippen MR) is 55.4 cm³/mol. The molecule has 2 rings (SSSR count). The van der Waals surface area contributed by atoms with Crippen LogP contribution in [-0.2, 0) is 9.84 Å². The summed E-state index contributed by atoms with van der Waals surface area (Å²) in [6, 6.07) is 2.79. The van der Waals surface area contributed by atoms with Crippen molar-refractivity contribution in [3.05, 3.63) is 17.7 Å². The van der Waals surface area contributed by atoms with Crippen LogP contribution in [-0.4, -0.2) is 40.7 Å². The second-order valence-corrected chi connectivity index (χ2v) is 5.94. The molecular formula is C9H8N4O3S. The molecule has 0 aliphatic carbocycles. The highest BCUT2D eigenvalue weighted by molar-refractivity contribution is 7.91. The zero-order chi connectivity index (χ0) is 12.6. The second-order valence-electron chi connectivity index (χ2n) is 3.78. The van der Waals surface area contributed by atoms with Crippen LogP contribution in [0.25, 0.3) is 0 Å². The van der Waals surface area contributed by atoms with Gasteiger partial charge in [0.05, 0.1) is 30.0 Å². The lowest BCUT2D eigenvalue weighted by atomic mass is 10.2. The summed E-state index contributed by atoms with van der Waals surface area (Å²) in [5.74, 6) is -0.577. The Morgan fingerprint density at radius 2 is 2.12 bits per heavy atom. The number of nitrogens with zero attached hydrogens (tertiary/aromatic N) is 4. The third kappa shape index (κ3) is 1.88. The summed E-state index contributed by atoms with van der Waals surface area (Å²) in [4.78, 5) is 3.71. The number of hydrogen-bond donors (Lipinski definition) is 1. The van der Waals surface area contributed by atoms with Crippen LogP contribution in [0.4, 0.5) is 0 Å². The van der Waals surface area contributed by atoms with E-state index in [0.29, 0.717) is 0 Å². The lowest BCUT2D eigenvalue weighted by Crippen LogP contribution is -2.22. The first-order valence-corrected chi connectivity index (χ1v) is 6.56. The molecule has 0 spiro atoms. The number of aromatic nitrogens is 2. The molecular weight excluding hydrogens is 244 g/mol. The molecule has 88 valence electrons. The van der Waals surface area contributed by atoms with Crippen LogP contribution in [0.3, 0.4) is 0 Å². The van der Waals surface area contributed by atoms with E-state index in [1.165, 1.54) is 10.9 Å². The maximum absolute atomic E-state index is 11.4. The van der Waals surface area contributed by atoms with E-state index >= 15 is 0 Å². The molecule has 1 aromatic rings. The van der Waals surface area contributed by atoms with E-state index in [4.69, 9.17) is 10.5 Å². The minimum atomic E-state index is -3.31. The van der Waals surface area contributed by atoms with Gasteiger partial charge in [-0.05, 0) is 0 Å². The molecule has 0 saturated carbocycles. The van der Waals surface area contributed by atoms with Crippen molar-refractivity contribution in [1.82, 2.24) is 9.55 Å². The molecule has 0 radical (unpaired) electrons. The van der Waals surface area contributed by atoms with Crippen molar-refractivity contribution in [2.24, 2.45) is 0 Å². The third-order valence-corrected chi connectivity index (χ3v) is 4.36. The fraction of sp³-hybridized carbons (Fsp3) is 0.444. The van der Waals surface area contributed by atoms with Crippen molar-refractivity contribution in [3.8, 4) is 12.1 Å². The zero-order valence-electron chi connectivity index (χ0n) is 8.61. The number of hydrogen-bond acceptors (Lipinski definition) is 6. The van der Waals surface area contributed by atoms with Crippen molar-refractivity contribution in [3.63, 3.8) is 0 Å². The van der Waals surface area contributed by atoms with Crippen molar-refractivity contribution in [2.75, 3.05) is 11.5 Å². The molecule has 1 fully saturated rings. The molecule has 1 aromatic heterocycles. The van der Waals surface area contributed by atoms with Gasteiger partial charge < -0.3 is 9.67 Å². The zero-order valence-corrected chi connectivity index (χ0v) is 9.42. The highest BCUT2D eigenvalue weighted by Gasteiger charge is 2.38. The van der Waals surface area contributed by atoms with Crippen molar-refractivity contribution in [1.29, 1.82) is 10.5 Å². The van der Waals surface area contributed by atoms with Crippen LogP contribution >= 0.6 is 0 Å². The minimum absolute atomic E-state index is 0.0198. The second kappa shape index (κ2) is 3.84. The normalized spacial score (nSPS) is 26.3. The van der Waals surface area contributed by atoms with Gasteiger partial charge in [0.25, 0.3) is 0 Å². The van der Waals surface area contributed by atoms with Crippen LogP contribution in [0.2, 0.25) is 0 Å². The smallest absolute Gasteiger partial charge is 0.176 e. The van der Waals surface area contributed by atoms with Crippen LogP contribution in [0, 0.1) is 22.7 Å². The van der Waals surface area contributed by atoms with Crippen LogP contribution in [0.5, 0.6) is 0 Å². The van der Waals surface area contributed by atoms with Gasteiger partial charge in [0.2, 0.25) is 0 Å². The molecule has 17 heavy (non-hydrogen) atoms. The van der Waals surface area contributed by atoms with E-state index in [-0.39, 0.29) is 22.9 Å². The molecule has 1 N–H and O–H groups in total. The SMILES string of the molecule is N#Cc1ncn(C2CS(=O)(=O)CC2O)c1C#N. The van der Waals surface area contributed by atoms with Gasteiger partial charge in [-0.15, -0.1) is 0 Å².